The maximum absolute atomic E-state index is 15.3. The first kappa shape index (κ1) is 29.8. The molecular weight excluding hydrogens is 634 g/mol. The number of hydrogen-bond acceptors (Lipinski definition) is 6. The quantitative estimate of drug-likeness (QED) is 0.194. The zero-order valence-corrected chi connectivity index (χ0v) is 24.9. The average molecular weight is 660 g/mol. The number of carbonyl (C=O) groups excluding carboxylic acids is 2. The number of benzene rings is 2. The highest BCUT2D eigenvalue weighted by molar-refractivity contribution is 9.10. The van der Waals surface area contributed by atoms with Gasteiger partial charge in [0, 0.05) is 22.7 Å². The number of aryl methyl sites for hydroxylation is 1. The van der Waals surface area contributed by atoms with Crippen molar-refractivity contribution in [2.24, 2.45) is 11.7 Å². The van der Waals surface area contributed by atoms with E-state index in [1.807, 2.05) is 13.0 Å². The standard InChI is InChI=1S/C30H26BrClF2N4O4/c1-3-42-27-19(28(35)39)11-22(38-26(27)18-6-7-21(33)23(31)24(18)34)30(41,17-4-5-17)13-37-29(40)16-9-15-8-14(2)12-36-25(15)20(32)10-16/h6-12,17,41H,3-5,13H2,1-2H3,(H2,35,39)(H,37,40)/t30-/m1/s1. The van der Waals surface area contributed by atoms with Crippen molar-refractivity contribution in [3.05, 3.63) is 86.1 Å². The van der Waals surface area contributed by atoms with Crippen LogP contribution in [0.5, 0.6) is 5.75 Å². The Morgan fingerprint density at radius 2 is 1.98 bits per heavy atom. The van der Waals surface area contributed by atoms with Gasteiger partial charge in [0.05, 0.1) is 39.4 Å². The molecule has 0 radical (unpaired) electrons. The maximum Gasteiger partial charge on any atom is 0.252 e. The predicted molar refractivity (Wildman–Crippen MR) is 157 cm³/mol. The van der Waals surface area contributed by atoms with Crippen LogP contribution in [0.3, 0.4) is 0 Å². The van der Waals surface area contributed by atoms with Gasteiger partial charge in [0.1, 0.15) is 22.9 Å². The normalized spacial score (nSPS) is 14.5. The number of nitrogens with one attached hydrogen (secondary N) is 1. The van der Waals surface area contributed by atoms with Crippen molar-refractivity contribution in [1.29, 1.82) is 0 Å². The van der Waals surface area contributed by atoms with E-state index in [1.54, 1.807) is 19.2 Å². The Hall–Kier alpha value is -3.67. The Morgan fingerprint density at radius 3 is 2.64 bits per heavy atom. The molecule has 42 heavy (non-hydrogen) atoms. The lowest BCUT2D eigenvalue weighted by Gasteiger charge is -2.29. The summed E-state index contributed by atoms with van der Waals surface area (Å²) in [6, 6.07) is 8.49. The van der Waals surface area contributed by atoms with Crippen molar-refractivity contribution in [2.45, 2.75) is 32.3 Å². The molecule has 0 aliphatic heterocycles. The number of rotatable bonds is 9. The maximum atomic E-state index is 15.3. The highest BCUT2D eigenvalue weighted by Gasteiger charge is 2.47. The Kier molecular flexibility index (Phi) is 8.19. The number of ether oxygens (including phenoxy) is 1. The molecule has 0 bridgehead atoms. The summed E-state index contributed by atoms with van der Waals surface area (Å²) in [5, 5.41) is 15.7. The summed E-state index contributed by atoms with van der Waals surface area (Å²) in [4.78, 5) is 34.7. The minimum atomic E-state index is -1.76. The molecule has 1 aliphatic carbocycles. The molecule has 8 nitrogen and oxygen atoms in total. The number of pyridine rings is 2. The van der Waals surface area contributed by atoms with E-state index in [0.717, 1.165) is 17.7 Å². The van der Waals surface area contributed by atoms with E-state index in [4.69, 9.17) is 22.1 Å². The van der Waals surface area contributed by atoms with Crippen molar-refractivity contribution in [3.63, 3.8) is 0 Å². The molecule has 5 rings (SSSR count). The zero-order chi connectivity index (χ0) is 30.3. The third kappa shape index (κ3) is 5.56. The molecule has 0 spiro atoms. The summed E-state index contributed by atoms with van der Waals surface area (Å²) >= 11 is 9.28. The van der Waals surface area contributed by atoms with Gasteiger partial charge in [-0.05, 0) is 90.5 Å². The molecular formula is C30H26BrClF2N4O4. The van der Waals surface area contributed by atoms with Crippen LogP contribution in [-0.2, 0) is 5.60 Å². The molecule has 4 aromatic rings. The van der Waals surface area contributed by atoms with Crippen LogP contribution in [0.1, 0.15) is 51.7 Å². The van der Waals surface area contributed by atoms with E-state index in [0.29, 0.717) is 28.8 Å². The van der Waals surface area contributed by atoms with E-state index in [-0.39, 0.29) is 52.9 Å². The van der Waals surface area contributed by atoms with Crippen LogP contribution in [0.4, 0.5) is 8.78 Å². The first-order valence-corrected chi connectivity index (χ1v) is 14.3. The molecule has 12 heteroatoms. The largest absolute Gasteiger partial charge is 0.491 e. The summed E-state index contributed by atoms with van der Waals surface area (Å²) < 4.78 is 34.6. The summed E-state index contributed by atoms with van der Waals surface area (Å²) in [7, 11) is 0. The molecule has 218 valence electrons. The topological polar surface area (TPSA) is 127 Å². The lowest BCUT2D eigenvalue weighted by atomic mass is 9.90. The van der Waals surface area contributed by atoms with Crippen molar-refractivity contribution < 1.29 is 28.2 Å². The van der Waals surface area contributed by atoms with Crippen molar-refractivity contribution in [3.8, 4) is 17.0 Å². The summed E-state index contributed by atoms with van der Waals surface area (Å²) in [5.74, 6) is -3.65. The summed E-state index contributed by atoms with van der Waals surface area (Å²) in [6.45, 7) is 3.33. The van der Waals surface area contributed by atoms with Gasteiger partial charge in [0.25, 0.3) is 11.8 Å². The Balaban J connectivity index is 1.57. The zero-order valence-electron chi connectivity index (χ0n) is 22.6. The molecule has 2 aromatic carbocycles. The number of primary amides is 1. The molecule has 1 saturated carbocycles. The number of aliphatic hydroxyl groups is 1. The fourth-order valence-electron chi connectivity index (χ4n) is 4.89. The first-order chi connectivity index (χ1) is 19.9. The second-order valence-electron chi connectivity index (χ2n) is 10.2. The van der Waals surface area contributed by atoms with Crippen LogP contribution in [-0.4, -0.2) is 40.0 Å². The van der Waals surface area contributed by atoms with E-state index in [1.165, 1.54) is 12.1 Å². The van der Waals surface area contributed by atoms with Gasteiger partial charge in [-0.2, -0.15) is 0 Å². The number of nitrogens with two attached hydrogens (primary N) is 1. The van der Waals surface area contributed by atoms with E-state index < -0.39 is 33.5 Å². The minimum Gasteiger partial charge on any atom is -0.491 e. The number of amides is 2. The number of halogens is 4. The van der Waals surface area contributed by atoms with Gasteiger partial charge in [-0.15, -0.1) is 0 Å². The lowest BCUT2D eigenvalue weighted by Crippen LogP contribution is -2.43. The first-order valence-electron chi connectivity index (χ1n) is 13.1. The molecule has 2 aromatic heterocycles. The van der Waals surface area contributed by atoms with Gasteiger partial charge < -0.3 is 20.9 Å². The van der Waals surface area contributed by atoms with Gasteiger partial charge >= 0.3 is 0 Å². The molecule has 4 N–H and O–H groups in total. The third-order valence-corrected chi connectivity index (χ3v) is 8.18. The second kappa shape index (κ2) is 11.5. The van der Waals surface area contributed by atoms with Gasteiger partial charge in [0.15, 0.2) is 5.75 Å². The summed E-state index contributed by atoms with van der Waals surface area (Å²) in [5.41, 5.74) is 5.14. The highest BCUT2D eigenvalue weighted by Crippen LogP contribution is 2.47. The van der Waals surface area contributed by atoms with Crippen LogP contribution in [0.2, 0.25) is 5.02 Å². The van der Waals surface area contributed by atoms with E-state index in [9.17, 15) is 19.1 Å². The number of nitrogens with zero attached hydrogens (tertiary/aromatic N) is 2. The van der Waals surface area contributed by atoms with Crippen LogP contribution in [0.25, 0.3) is 22.2 Å². The van der Waals surface area contributed by atoms with E-state index >= 15 is 4.39 Å². The fourth-order valence-corrected chi connectivity index (χ4v) is 5.51. The Bertz CT molecular complexity index is 1750. The molecule has 2 amide bonds. The molecule has 0 unspecified atom stereocenters. The van der Waals surface area contributed by atoms with Gasteiger partial charge in [-0.1, -0.05) is 11.6 Å². The van der Waals surface area contributed by atoms with E-state index in [2.05, 4.69) is 31.2 Å². The molecule has 0 saturated heterocycles. The third-order valence-electron chi connectivity index (χ3n) is 7.17. The molecule has 2 heterocycles. The molecule has 1 atom stereocenters. The Labute approximate surface area is 253 Å². The van der Waals surface area contributed by atoms with Gasteiger partial charge in [-0.3, -0.25) is 14.6 Å². The SMILES string of the molecule is CCOc1c(C(N)=O)cc([C@@](O)(CNC(=O)c2cc(Cl)c3ncc(C)cc3c2)C2CC2)nc1-c1ccc(F)c(Br)c1F. The van der Waals surface area contributed by atoms with Crippen molar-refractivity contribution >= 4 is 50.2 Å². The fraction of sp³-hybridized carbons (Fsp3) is 0.267. The van der Waals surface area contributed by atoms with Crippen LogP contribution < -0.4 is 15.8 Å². The smallest absolute Gasteiger partial charge is 0.252 e. The molecule has 1 fully saturated rings. The Morgan fingerprint density at radius 1 is 1.24 bits per heavy atom. The van der Waals surface area contributed by atoms with Crippen LogP contribution >= 0.6 is 27.5 Å². The van der Waals surface area contributed by atoms with Crippen molar-refractivity contribution in [2.75, 3.05) is 13.2 Å². The number of aromatic nitrogens is 2. The second-order valence-corrected chi connectivity index (χ2v) is 11.4. The van der Waals surface area contributed by atoms with Crippen molar-refractivity contribution in [1.82, 2.24) is 15.3 Å². The molecule has 1 aliphatic rings. The lowest BCUT2D eigenvalue weighted by molar-refractivity contribution is 0.00946. The summed E-state index contributed by atoms with van der Waals surface area (Å²) in [6.07, 6.45) is 2.91. The van der Waals surface area contributed by atoms with Crippen LogP contribution in [0.15, 0.2) is 47.1 Å². The van der Waals surface area contributed by atoms with Gasteiger partial charge in [-0.25, -0.2) is 13.8 Å². The predicted octanol–water partition coefficient (Wildman–Crippen LogP) is 5.82. The van der Waals surface area contributed by atoms with Crippen LogP contribution in [0, 0.1) is 24.5 Å². The number of fused-ring (bicyclic) bond motifs is 1. The minimum absolute atomic E-state index is 0.0197. The number of hydrogen-bond donors (Lipinski definition) is 3. The monoisotopic (exact) mass is 658 g/mol. The van der Waals surface area contributed by atoms with Gasteiger partial charge in [0.2, 0.25) is 0 Å². The average Bonchev–Trinajstić information content (AvgIpc) is 3.81. The highest BCUT2D eigenvalue weighted by atomic mass is 79.9. The number of carbonyl (C=O) groups is 2.